The Kier molecular flexibility index (Phi) is 3.55. The maximum atomic E-state index is 5.76. The summed E-state index contributed by atoms with van der Waals surface area (Å²) >= 11 is 0. The van der Waals surface area contributed by atoms with Crippen LogP contribution in [0.5, 0.6) is 0 Å². The Hall–Kier alpha value is -1.25. The van der Waals surface area contributed by atoms with E-state index in [0.717, 1.165) is 12.5 Å². The van der Waals surface area contributed by atoms with Gasteiger partial charge in [0.1, 0.15) is 6.61 Å². The van der Waals surface area contributed by atoms with Crippen LogP contribution in [-0.2, 0) is 4.74 Å². The number of hydrogen-bond donors (Lipinski definition) is 1. The van der Waals surface area contributed by atoms with Crippen molar-refractivity contribution in [2.45, 2.75) is 45.6 Å². The lowest BCUT2D eigenvalue weighted by atomic mass is 9.92. The molecule has 0 amide bonds. The van der Waals surface area contributed by atoms with Gasteiger partial charge < -0.3 is 10.1 Å². The summed E-state index contributed by atoms with van der Waals surface area (Å²) in [6, 6.07) is 0. The average Bonchev–Trinajstić information content (AvgIpc) is 2.67. The van der Waals surface area contributed by atoms with Crippen LogP contribution in [0.4, 0.5) is 0 Å². The Morgan fingerprint density at radius 2 is 2.35 bits per heavy atom. The minimum atomic E-state index is 0.0344. The van der Waals surface area contributed by atoms with Crippen molar-refractivity contribution in [2.75, 3.05) is 6.61 Å². The molecule has 0 aromatic rings. The topological polar surface area (TPSA) is 33.6 Å². The fourth-order valence-corrected chi connectivity index (χ4v) is 2.17. The second-order valence-corrected chi connectivity index (χ2v) is 5.45. The van der Waals surface area contributed by atoms with Gasteiger partial charge in [-0.3, -0.25) is 4.99 Å². The van der Waals surface area contributed by atoms with E-state index in [1.807, 2.05) is 12.4 Å². The number of allylic oxidation sites excluding steroid dienone is 2. The molecule has 2 aliphatic rings. The number of aliphatic imine (C=N–C) groups is 1. The number of unbranched alkanes of at least 4 members (excludes halogenated alkanes) is 1. The number of rotatable bonds is 3. The Labute approximate surface area is 104 Å². The van der Waals surface area contributed by atoms with Gasteiger partial charge in [0.05, 0.1) is 5.54 Å². The maximum absolute atomic E-state index is 5.76. The molecule has 0 bridgehead atoms. The van der Waals surface area contributed by atoms with Crippen LogP contribution < -0.4 is 5.32 Å². The second-order valence-electron chi connectivity index (χ2n) is 5.45. The summed E-state index contributed by atoms with van der Waals surface area (Å²) in [7, 11) is 0. The number of hydrogen-bond acceptors (Lipinski definition) is 3. The van der Waals surface area contributed by atoms with E-state index in [9.17, 15) is 0 Å². The molecule has 1 fully saturated rings. The minimum Gasteiger partial charge on any atom is -0.476 e. The molecule has 1 saturated heterocycles. The van der Waals surface area contributed by atoms with E-state index in [1.54, 1.807) is 0 Å². The number of ether oxygens (including phenoxy) is 1. The molecule has 94 valence electrons. The summed E-state index contributed by atoms with van der Waals surface area (Å²) in [6.45, 7) is 7.25. The SMILES string of the molecule is CCCCC1C=CN=CC1=C1NC(C)(C)CO1. The van der Waals surface area contributed by atoms with Gasteiger partial charge in [0.15, 0.2) is 5.88 Å². The number of nitrogens with zero attached hydrogens (tertiary/aromatic N) is 1. The molecule has 3 nitrogen and oxygen atoms in total. The fraction of sp³-hybridized carbons (Fsp3) is 0.643. The summed E-state index contributed by atoms with van der Waals surface area (Å²) in [5.74, 6) is 1.37. The van der Waals surface area contributed by atoms with Gasteiger partial charge in [-0.2, -0.15) is 0 Å². The summed E-state index contributed by atoms with van der Waals surface area (Å²) in [5.41, 5.74) is 1.23. The summed E-state index contributed by atoms with van der Waals surface area (Å²) in [5, 5.41) is 3.44. The monoisotopic (exact) mass is 234 g/mol. The van der Waals surface area contributed by atoms with Crippen LogP contribution in [-0.4, -0.2) is 18.4 Å². The molecular weight excluding hydrogens is 212 g/mol. The smallest absolute Gasteiger partial charge is 0.192 e. The molecule has 1 N–H and O–H groups in total. The lowest BCUT2D eigenvalue weighted by molar-refractivity contribution is 0.233. The number of nitrogens with one attached hydrogen (secondary N) is 1. The van der Waals surface area contributed by atoms with E-state index in [0.29, 0.717) is 5.92 Å². The van der Waals surface area contributed by atoms with E-state index >= 15 is 0 Å². The molecule has 2 heterocycles. The highest BCUT2D eigenvalue weighted by Crippen LogP contribution is 2.27. The predicted octanol–water partition coefficient (Wildman–Crippen LogP) is 3.00. The third-order valence-corrected chi connectivity index (χ3v) is 3.18. The van der Waals surface area contributed by atoms with Gasteiger partial charge >= 0.3 is 0 Å². The van der Waals surface area contributed by atoms with Crippen molar-refractivity contribution in [1.29, 1.82) is 0 Å². The van der Waals surface area contributed by atoms with Crippen molar-refractivity contribution in [2.24, 2.45) is 10.9 Å². The summed E-state index contributed by atoms with van der Waals surface area (Å²) < 4.78 is 5.76. The molecule has 0 saturated carbocycles. The Balaban J connectivity index is 2.15. The zero-order valence-electron chi connectivity index (χ0n) is 11.0. The first-order chi connectivity index (χ1) is 8.12. The third-order valence-electron chi connectivity index (χ3n) is 3.18. The molecule has 3 heteroatoms. The first-order valence-corrected chi connectivity index (χ1v) is 6.47. The van der Waals surface area contributed by atoms with Gasteiger partial charge in [-0.15, -0.1) is 0 Å². The van der Waals surface area contributed by atoms with Crippen LogP contribution in [0.25, 0.3) is 0 Å². The molecular formula is C14H22N2O. The highest BCUT2D eigenvalue weighted by molar-refractivity contribution is 5.82. The second kappa shape index (κ2) is 4.94. The Morgan fingerprint density at radius 1 is 1.53 bits per heavy atom. The average molecular weight is 234 g/mol. The largest absolute Gasteiger partial charge is 0.476 e. The molecule has 1 atom stereocenters. The summed E-state index contributed by atoms with van der Waals surface area (Å²) in [4.78, 5) is 4.23. The van der Waals surface area contributed by atoms with Crippen molar-refractivity contribution >= 4 is 6.21 Å². The van der Waals surface area contributed by atoms with Gasteiger partial charge in [-0.1, -0.05) is 25.8 Å². The van der Waals surface area contributed by atoms with Crippen molar-refractivity contribution < 1.29 is 4.74 Å². The molecule has 1 unspecified atom stereocenters. The van der Waals surface area contributed by atoms with E-state index in [4.69, 9.17) is 4.74 Å². The van der Waals surface area contributed by atoms with Gasteiger partial charge in [0.25, 0.3) is 0 Å². The molecule has 17 heavy (non-hydrogen) atoms. The van der Waals surface area contributed by atoms with E-state index in [1.165, 1.54) is 24.8 Å². The van der Waals surface area contributed by atoms with Crippen LogP contribution in [0.15, 0.2) is 28.7 Å². The van der Waals surface area contributed by atoms with Gasteiger partial charge in [-0.25, -0.2) is 0 Å². The highest BCUT2D eigenvalue weighted by atomic mass is 16.5. The Bertz CT molecular complexity index is 366. The molecule has 0 aromatic carbocycles. The molecule has 0 aliphatic carbocycles. The zero-order chi connectivity index (χ0) is 12.3. The molecule has 0 radical (unpaired) electrons. The quantitative estimate of drug-likeness (QED) is 0.814. The minimum absolute atomic E-state index is 0.0344. The normalized spacial score (nSPS) is 30.2. The molecule has 0 spiro atoms. The molecule has 2 aliphatic heterocycles. The predicted molar refractivity (Wildman–Crippen MR) is 70.8 cm³/mol. The van der Waals surface area contributed by atoms with Crippen LogP contribution in [0, 0.1) is 5.92 Å². The first-order valence-electron chi connectivity index (χ1n) is 6.47. The maximum Gasteiger partial charge on any atom is 0.192 e. The van der Waals surface area contributed by atoms with Gasteiger partial charge in [-0.05, 0) is 20.3 Å². The highest BCUT2D eigenvalue weighted by Gasteiger charge is 2.30. The lowest BCUT2D eigenvalue weighted by Gasteiger charge is -2.19. The van der Waals surface area contributed by atoms with Crippen LogP contribution in [0.3, 0.4) is 0 Å². The van der Waals surface area contributed by atoms with Crippen molar-refractivity contribution in [3.63, 3.8) is 0 Å². The third kappa shape index (κ3) is 2.90. The molecule has 2 rings (SSSR count). The summed E-state index contributed by atoms with van der Waals surface area (Å²) in [6.07, 6.45) is 9.64. The standard InChI is InChI=1S/C14H22N2O/c1-4-5-6-11-7-8-15-9-12(11)13-16-14(2,3)10-17-13/h7-9,11,16H,4-6,10H2,1-3H3. The van der Waals surface area contributed by atoms with Gasteiger partial charge in [0, 0.05) is 23.9 Å². The van der Waals surface area contributed by atoms with E-state index < -0.39 is 0 Å². The Morgan fingerprint density at radius 3 is 3.00 bits per heavy atom. The first kappa shape index (κ1) is 12.2. The lowest BCUT2D eigenvalue weighted by Crippen LogP contribution is -2.34. The van der Waals surface area contributed by atoms with Crippen molar-refractivity contribution in [1.82, 2.24) is 5.32 Å². The van der Waals surface area contributed by atoms with Crippen molar-refractivity contribution in [3.8, 4) is 0 Å². The van der Waals surface area contributed by atoms with Crippen LogP contribution in [0.1, 0.15) is 40.0 Å². The zero-order valence-corrected chi connectivity index (χ0v) is 11.0. The van der Waals surface area contributed by atoms with E-state index in [-0.39, 0.29) is 5.54 Å². The van der Waals surface area contributed by atoms with Gasteiger partial charge in [0.2, 0.25) is 0 Å². The van der Waals surface area contributed by atoms with Crippen LogP contribution in [0.2, 0.25) is 0 Å². The van der Waals surface area contributed by atoms with Crippen molar-refractivity contribution in [3.05, 3.63) is 23.7 Å². The van der Waals surface area contributed by atoms with Crippen LogP contribution >= 0.6 is 0 Å². The fourth-order valence-electron chi connectivity index (χ4n) is 2.17. The molecule has 0 aromatic heterocycles. The van der Waals surface area contributed by atoms with E-state index in [2.05, 4.69) is 37.2 Å².